The van der Waals surface area contributed by atoms with E-state index in [1.54, 1.807) is 39.0 Å². The SMILES string of the molecule is CCCCCCOc1ccc(C[C@@H](NC(=O)OC(C)(C)C)C(=O)O)cc1C=O. The molecule has 1 amide bonds. The Morgan fingerprint density at radius 1 is 1.21 bits per heavy atom. The summed E-state index contributed by atoms with van der Waals surface area (Å²) >= 11 is 0. The largest absolute Gasteiger partial charge is 0.493 e. The number of hydrogen-bond acceptors (Lipinski definition) is 5. The first-order valence-corrected chi connectivity index (χ1v) is 9.59. The highest BCUT2D eigenvalue weighted by Gasteiger charge is 2.24. The van der Waals surface area contributed by atoms with Gasteiger partial charge in [0.1, 0.15) is 17.4 Å². The third-order valence-corrected chi connectivity index (χ3v) is 3.89. The van der Waals surface area contributed by atoms with E-state index in [2.05, 4.69) is 12.2 Å². The van der Waals surface area contributed by atoms with Crippen molar-refractivity contribution >= 4 is 18.3 Å². The van der Waals surface area contributed by atoms with Crippen LogP contribution in [0.3, 0.4) is 0 Å². The summed E-state index contributed by atoms with van der Waals surface area (Å²) in [5, 5.41) is 11.7. The number of carbonyl (C=O) groups is 3. The van der Waals surface area contributed by atoms with Crippen molar-refractivity contribution in [3.8, 4) is 5.75 Å². The zero-order valence-corrected chi connectivity index (χ0v) is 17.1. The van der Waals surface area contributed by atoms with Crippen LogP contribution in [0.1, 0.15) is 69.3 Å². The number of aliphatic carboxylic acids is 1. The second-order valence-corrected chi connectivity index (χ2v) is 7.64. The van der Waals surface area contributed by atoms with Gasteiger partial charge in [0.25, 0.3) is 0 Å². The molecule has 0 radical (unpaired) electrons. The van der Waals surface area contributed by atoms with Gasteiger partial charge in [-0.05, 0) is 44.9 Å². The van der Waals surface area contributed by atoms with Gasteiger partial charge in [-0.25, -0.2) is 9.59 Å². The summed E-state index contributed by atoms with van der Waals surface area (Å²) in [5.41, 5.74) is 0.229. The van der Waals surface area contributed by atoms with Crippen molar-refractivity contribution in [3.05, 3.63) is 29.3 Å². The van der Waals surface area contributed by atoms with Gasteiger partial charge in [0.2, 0.25) is 0 Å². The molecule has 0 aromatic heterocycles. The van der Waals surface area contributed by atoms with Gasteiger partial charge in [-0.1, -0.05) is 32.3 Å². The molecule has 2 N–H and O–H groups in total. The number of aldehydes is 1. The standard InChI is InChI=1S/C21H31NO6/c1-5-6-7-8-11-27-18-10-9-15(12-16(18)14-23)13-17(19(24)25)22-20(26)28-21(2,3)4/h9-10,12,14,17H,5-8,11,13H2,1-4H3,(H,22,26)(H,24,25)/t17-/m1/s1. The van der Waals surface area contributed by atoms with E-state index in [1.165, 1.54) is 0 Å². The van der Waals surface area contributed by atoms with Crippen LogP contribution in [-0.2, 0) is 16.0 Å². The summed E-state index contributed by atoms with van der Waals surface area (Å²) in [6, 6.07) is 3.77. The van der Waals surface area contributed by atoms with Crippen LogP contribution in [0.4, 0.5) is 4.79 Å². The van der Waals surface area contributed by atoms with Crippen molar-refractivity contribution in [3.63, 3.8) is 0 Å². The third kappa shape index (κ3) is 8.88. The van der Waals surface area contributed by atoms with Crippen LogP contribution >= 0.6 is 0 Å². The van der Waals surface area contributed by atoms with Crippen molar-refractivity contribution in [1.82, 2.24) is 5.32 Å². The van der Waals surface area contributed by atoms with Crippen LogP contribution in [0.5, 0.6) is 5.75 Å². The maximum absolute atomic E-state index is 11.9. The van der Waals surface area contributed by atoms with Crippen molar-refractivity contribution in [1.29, 1.82) is 0 Å². The number of hydrogen-bond donors (Lipinski definition) is 2. The van der Waals surface area contributed by atoms with Crippen LogP contribution in [0.25, 0.3) is 0 Å². The quantitative estimate of drug-likeness (QED) is 0.435. The summed E-state index contributed by atoms with van der Waals surface area (Å²) in [5.74, 6) is -0.711. The number of nitrogens with one attached hydrogen (secondary N) is 1. The number of ether oxygens (including phenoxy) is 2. The lowest BCUT2D eigenvalue weighted by atomic mass is 10.0. The fraction of sp³-hybridized carbons (Fsp3) is 0.571. The molecule has 1 aromatic rings. The van der Waals surface area contributed by atoms with Crippen LogP contribution in [0.15, 0.2) is 18.2 Å². The summed E-state index contributed by atoms with van der Waals surface area (Å²) in [6.07, 6.45) is 4.16. The second kappa shape index (κ2) is 11.3. The summed E-state index contributed by atoms with van der Waals surface area (Å²) in [6.45, 7) is 7.74. The van der Waals surface area contributed by atoms with Crippen molar-refractivity contribution in [2.45, 2.75) is 71.4 Å². The van der Waals surface area contributed by atoms with Crippen LogP contribution in [0.2, 0.25) is 0 Å². The molecule has 0 fully saturated rings. The number of benzene rings is 1. The molecule has 0 aliphatic carbocycles. The predicted molar refractivity (Wildman–Crippen MR) is 106 cm³/mol. The maximum atomic E-state index is 11.9. The Morgan fingerprint density at radius 3 is 2.50 bits per heavy atom. The predicted octanol–water partition coefficient (Wildman–Crippen LogP) is 3.98. The summed E-state index contributed by atoms with van der Waals surface area (Å²) in [4.78, 5) is 34.7. The van der Waals surface area contributed by atoms with E-state index in [-0.39, 0.29) is 6.42 Å². The molecule has 7 heteroatoms. The molecule has 156 valence electrons. The first-order valence-electron chi connectivity index (χ1n) is 9.59. The molecule has 0 bridgehead atoms. The van der Waals surface area contributed by atoms with Crippen LogP contribution in [0, 0.1) is 0 Å². The van der Waals surface area contributed by atoms with E-state index in [0.717, 1.165) is 25.7 Å². The van der Waals surface area contributed by atoms with Crippen molar-refractivity contribution in [2.24, 2.45) is 0 Å². The van der Waals surface area contributed by atoms with Crippen LogP contribution < -0.4 is 10.1 Å². The molecular formula is C21H31NO6. The molecule has 0 aliphatic rings. The van der Waals surface area contributed by atoms with Gasteiger partial charge in [-0.3, -0.25) is 4.79 Å². The molecule has 1 aromatic carbocycles. The zero-order valence-electron chi connectivity index (χ0n) is 17.1. The Kier molecular flexibility index (Phi) is 9.48. The van der Waals surface area contributed by atoms with Gasteiger partial charge in [0.05, 0.1) is 12.2 Å². The topological polar surface area (TPSA) is 102 Å². The number of carboxylic acids is 1. The molecule has 0 heterocycles. The highest BCUT2D eigenvalue weighted by molar-refractivity contribution is 5.81. The Bertz CT molecular complexity index is 665. The van der Waals surface area contributed by atoms with E-state index >= 15 is 0 Å². The van der Waals surface area contributed by atoms with E-state index in [0.29, 0.717) is 29.8 Å². The van der Waals surface area contributed by atoms with Crippen molar-refractivity contribution in [2.75, 3.05) is 6.61 Å². The normalized spacial score (nSPS) is 12.1. The van der Waals surface area contributed by atoms with Gasteiger partial charge in [0.15, 0.2) is 6.29 Å². The van der Waals surface area contributed by atoms with Gasteiger partial charge in [0, 0.05) is 6.42 Å². The van der Waals surface area contributed by atoms with E-state index in [4.69, 9.17) is 9.47 Å². The lowest BCUT2D eigenvalue weighted by Gasteiger charge is -2.22. The van der Waals surface area contributed by atoms with Gasteiger partial charge < -0.3 is 19.9 Å². The molecule has 0 unspecified atom stereocenters. The van der Waals surface area contributed by atoms with E-state index in [1.807, 2.05) is 0 Å². The molecule has 0 saturated heterocycles. The molecule has 28 heavy (non-hydrogen) atoms. The minimum absolute atomic E-state index is 0.0200. The highest BCUT2D eigenvalue weighted by atomic mass is 16.6. The summed E-state index contributed by atoms with van der Waals surface area (Å²) < 4.78 is 10.8. The van der Waals surface area contributed by atoms with E-state index in [9.17, 15) is 19.5 Å². The minimum Gasteiger partial charge on any atom is -0.493 e. The average molecular weight is 393 g/mol. The number of carbonyl (C=O) groups excluding carboxylic acids is 2. The molecule has 7 nitrogen and oxygen atoms in total. The Morgan fingerprint density at radius 2 is 1.93 bits per heavy atom. The van der Waals surface area contributed by atoms with E-state index < -0.39 is 23.7 Å². The molecular weight excluding hydrogens is 362 g/mol. The Balaban J connectivity index is 2.75. The van der Waals surface area contributed by atoms with Crippen LogP contribution in [-0.4, -0.2) is 41.7 Å². The first-order chi connectivity index (χ1) is 13.2. The monoisotopic (exact) mass is 393 g/mol. The Labute approximate surface area is 166 Å². The molecule has 1 rings (SSSR count). The molecule has 0 saturated carbocycles. The molecule has 0 spiro atoms. The number of amides is 1. The van der Waals surface area contributed by atoms with Gasteiger partial charge >= 0.3 is 12.1 Å². The number of rotatable bonds is 11. The Hall–Kier alpha value is -2.57. The summed E-state index contributed by atoms with van der Waals surface area (Å²) in [7, 11) is 0. The zero-order chi connectivity index (χ0) is 21.2. The smallest absolute Gasteiger partial charge is 0.408 e. The fourth-order valence-electron chi connectivity index (χ4n) is 2.54. The number of unbranched alkanes of at least 4 members (excludes halogenated alkanes) is 3. The fourth-order valence-corrected chi connectivity index (χ4v) is 2.54. The minimum atomic E-state index is -1.19. The lowest BCUT2D eigenvalue weighted by molar-refractivity contribution is -0.139. The highest BCUT2D eigenvalue weighted by Crippen LogP contribution is 2.20. The first kappa shape index (κ1) is 23.5. The second-order valence-electron chi connectivity index (χ2n) is 7.64. The van der Waals surface area contributed by atoms with Gasteiger partial charge in [-0.2, -0.15) is 0 Å². The number of alkyl carbamates (subject to hydrolysis) is 1. The molecule has 0 aliphatic heterocycles. The average Bonchev–Trinajstić information content (AvgIpc) is 2.60. The van der Waals surface area contributed by atoms with Crippen molar-refractivity contribution < 1.29 is 29.0 Å². The third-order valence-electron chi connectivity index (χ3n) is 3.89. The maximum Gasteiger partial charge on any atom is 0.408 e. The molecule has 1 atom stereocenters. The number of carboxylic acid groups (broad SMARTS) is 1. The lowest BCUT2D eigenvalue weighted by Crippen LogP contribution is -2.44. The van der Waals surface area contributed by atoms with Gasteiger partial charge in [-0.15, -0.1) is 0 Å².